The number of carbonyl (C=O) groups excluding carboxylic acids is 3. The van der Waals surface area contributed by atoms with Crippen LogP contribution >= 0.6 is 11.6 Å². The molecule has 1 aliphatic heterocycles. The zero-order valence-electron chi connectivity index (χ0n) is 16.6. The fourth-order valence-corrected chi connectivity index (χ4v) is 3.51. The summed E-state index contributed by atoms with van der Waals surface area (Å²) < 4.78 is 10.8. The number of anilines is 1. The predicted octanol–water partition coefficient (Wildman–Crippen LogP) is 4.18. The van der Waals surface area contributed by atoms with Crippen LogP contribution in [-0.2, 0) is 9.59 Å². The number of barbiturate groups is 1. The van der Waals surface area contributed by atoms with E-state index in [0.29, 0.717) is 22.1 Å². The number of carbonyl (C=O) groups is 3. The lowest BCUT2D eigenvalue weighted by molar-refractivity contribution is -0.122. The number of halogens is 1. The number of fused-ring (bicyclic) bond motifs is 1. The third-order valence-corrected chi connectivity index (χ3v) is 5.18. The highest BCUT2D eigenvalue weighted by atomic mass is 35.5. The first-order valence-corrected chi connectivity index (χ1v) is 9.62. The van der Waals surface area contributed by atoms with E-state index in [4.69, 9.17) is 21.1 Å². The number of hydrogen-bond donors (Lipinski definition) is 1. The number of benzene rings is 3. The lowest BCUT2D eigenvalue weighted by atomic mass is 9.99. The number of methoxy groups -OCH3 is 2. The Morgan fingerprint density at radius 2 is 1.65 bits per heavy atom. The predicted molar refractivity (Wildman–Crippen MR) is 118 cm³/mol. The van der Waals surface area contributed by atoms with E-state index in [9.17, 15) is 14.4 Å². The van der Waals surface area contributed by atoms with Gasteiger partial charge in [0.15, 0.2) is 0 Å². The van der Waals surface area contributed by atoms with E-state index in [2.05, 4.69) is 5.32 Å². The first-order valence-electron chi connectivity index (χ1n) is 9.24. The molecular formula is C23H17ClN2O5. The molecule has 8 heteroatoms. The molecule has 7 nitrogen and oxygen atoms in total. The number of urea groups is 1. The van der Waals surface area contributed by atoms with Crippen LogP contribution in [0.1, 0.15) is 5.56 Å². The van der Waals surface area contributed by atoms with Gasteiger partial charge in [0.1, 0.15) is 17.1 Å². The Hall–Kier alpha value is -3.84. The van der Waals surface area contributed by atoms with Crippen LogP contribution in [0.5, 0.6) is 11.5 Å². The van der Waals surface area contributed by atoms with Crippen LogP contribution in [0.25, 0.3) is 16.8 Å². The Morgan fingerprint density at radius 3 is 2.32 bits per heavy atom. The number of ether oxygens (including phenoxy) is 2. The van der Waals surface area contributed by atoms with Crippen LogP contribution < -0.4 is 19.7 Å². The highest BCUT2D eigenvalue weighted by Crippen LogP contribution is 2.33. The number of amides is 4. The zero-order chi connectivity index (χ0) is 22.1. The Labute approximate surface area is 182 Å². The second kappa shape index (κ2) is 8.12. The maximum Gasteiger partial charge on any atom is 0.335 e. The van der Waals surface area contributed by atoms with Gasteiger partial charge in [-0.05, 0) is 59.3 Å². The van der Waals surface area contributed by atoms with E-state index >= 15 is 0 Å². The lowest BCUT2D eigenvalue weighted by Gasteiger charge is -2.26. The monoisotopic (exact) mass is 436 g/mol. The third-order valence-electron chi connectivity index (χ3n) is 4.93. The van der Waals surface area contributed by atoms with Crippen molar-refractivity contribution in [3.8, 4) is 11.5 Å². The fourth-order valence-electron chi connectivity index (χ4n) is 3.38. The van der Waals surface area contributed by atoms with E-state index in [-0.39, 0.29) is 11.3 Å². The molecule has 0 aromatic heterocycles. The molecule has 1 saturated heterocycles. The molecule has 0 bridgehead atoms. The summed E-state index contributed by atoms with van der Waals surface area (Å²) in [6, 6.07) is 14.4. The minimum atomic E-state index is -0.832. The SMILES string of the molecule is COc1ccc2ccc(OC)c(/C=C3/C(=O)NC(=O)N(c4ccc(Cl)cc4)C3=O)c2c1. The minimum absolute atomic E-state index is 0.205. The van der Waals surface area contributed by atoms with Crippen LogP contribution in [0, 0.1) is 0 Å². The molecule has 0 unspecified atom stereocenters. The van der Waals surface area contributed by atoms with Gasteiger partial charge in [-0.3, -0.25) is 14.9 Å². The van der Waals surface area contributed by atoms with Crippen molar-refractivity contribution in [3.05, 3.63) is 70.8 Å². The number of imide groups is 2. The molecule has 3 aromatic carbocycles. The van der Waals surface area contributed by atoms with E-state index in [1.165, 1.54) is 25.3 Å². The smallest absolute Gasteiger partial charge is 0.335 e. The van der Waals surface area contributed by atoms with Crippen molar-refractivity contribution in [3.63, 3.8) is 0 Å². The van der Waals surface area contributed by atoms with Crippen LogP contribution in [0.15, 0.2) is 60.2 Å². The van der Waals surface area contributed by atoms with Crippen molar-refractivity contribution in [2.75, 3.05) is 19.1 Å². The summed E-state index contributed by atoms with van der Waals surface area (Å²) >= 11 is 5.90. The number of nitrogens with one attached hydrogen (secondary N) is 1. The van der Waals surface area contributed by atoms with Gasteiger partial charge >= 0.3 is 6.03 Å². The summed E-state index contributed by atoms with van der Waals surface area (Å²) in [5.41, 5.74) is 0.600. The molecule has 31 heavy (non-hydrogen) atoms. The maximum absolute atomic E-state index is 13.2. The molecular weight excluding hydrogens is 420 g/mol. The van der Waals surface area contributed by atoms with Gasteiger partial charge in [-0.2, -0.15) is 0 Å². The van der Waals surface area contributed by atoms with E-state index in [1.54, 1.807) is 31.4 Å². The van der Waals surface area contributed by atoms with E-state index < -0.39 is 17.8 Å². The number of hydrogen-bond acceptors (Lipinski definition) is 5. The molecule has 0 saturated carbocycles. The Balaban J connectivity index is 1.88. The van der Waals surface area contributed by atoms with Gasteiger partial charge in [0, 0.05) is 10.6 Å². The summed E-state index contributed by atoms with van der Waals surface area (Å²) in [6.45, 7) is 0. The average molecular weight is 437 g/mol. The maximum atomic E-state index is 13.2. The minimum Gasteiger partial charge on any atom is -0.497 e. The molecule has 1 heterocycles. The van der Waals surface area contributed by atoms with E-state index in [0.717, 1.165) is 15.7 Å². The van der Waals surface area contributed by atoms with Crippen molar-refractivity contribution < 1.29 is 23.9 Å². The normalized spacial score (nSPS) is 15.4. The van der Waals surface area contributed by atoms with Gasteiger partial charge in [0.2, 0.25) is 0 Å². The van der Waals surface area contributed by atoms with Gasteiger partial charge in [0.25, 0.3) is 11.8 Å². The quantitative estimate of drug-likeness (QED) is 0.490. The molecule has 4 rings (SSSR count). The van der Waals surface area contributed by atoms with Gasteiger partial charge in [-0.1, -0.05) is 23.7 Å². The van der Waals surface area contributed by atoms with Crippen molar-refractivity contribution in [2.24, 2.45) is 0 Å². The van der Waals surface area contributed by atoms with Crippen LogP contribution in [0.2, 0.25) is 5.02 Å². The van der Waals surface area contributed by atoms with Gasteiger partial charge in [-0.25, -0.2) is 9.69 Å². The Bertz CT molecular complexity index is 1250. The van der Waals surface area contributed by atoms with Gasteiger partial charge in [-0.15, -0.1) is 0 Å². The van der Waals surface area contributed by atoms with Crippen molar-refractivity contribution in [1.82, 2.24) is 5.32 Å². The lowest BCUT2D eigenvalue weighted by Crippen LogP contribution is -2.54. The number of nitrogens with zero attached hydrogens (tertiary/aromatic N) is 1. The second-order valence-corrected chi connectivity index (χ2v) is 7.14. The fraction of sp³-hybridized carbons (Fsp3) is 0.0870. The Kier molecular flexibility index (Phi) is 5.35. The zero-order valence-corrected chi connectivity index (χ0v) is 17.4. The topological polar surface area (TPSA) is 84.9 Å². The number of rotatable bonds is 4. The molecule has 1 fully saturated rings. The van der Waals surface area contributed by atoms with Gasteiger partial charge in [0.05, 0.1) is 19.9 Å². The highest BCUT2D eigenvalue weighted by molar-refractivity contribution is 6.39. The molecule has 3 aromatic rings. The van der Waals surface area contributed by atoms with Crippen LogP contribution in [-0.4, -0.2) is 32.1 Å². The van der Waals surface area contributed by atoms with Crippen LogP contribution in [0.4, 0.5) is 10.5 Å². The summed E-state index contributed by atoms with van der Waals surface area (Å²) in [5, 5.41) is 4.25. The highest BCUT2D eigenvalue weighted by Gasteiger charge is 2.37. The van der Waals surface area contributed by atoms with Gasteiger partial charge < -0.3 is 9.47 Å². The molecule has 1 N–H and O–H groups in total. The average Bonchev–Trinajstić information content (AvgIpc) is 2.77. The standard InChI is InChI=1S/C23H17ClN2O5/c1-30-16-9-3-13-4-10-20(31-2)18(17(13)11-16)12-19-21(27)25-23(29)26(22(19)28)15-7-5-14(24)6-8-15/h3-12H,1-2H3,(H,25,27,29)/b19-12-. The summed E-state index contributed by atoms with van der Waals surface area (Å²) in [5.74, 6) is -0.471. The molecule has 1 aliphatic rings. The largest absolute Gasteiger partial charge is 0.497 e. The third kappa shape index (κ3) is 3.71. The second-order valence-electron chi connectivity index (χ2n) is 6.70. The van der Waals surface area contributed by atoms with Crippen LogP contribution in [0.3, 0.4) is 0 Å². The first-order chi connectivity index (χ1) is 14.9. The molecule has 0 spiro atoms. The van der Waals surface area contributed by atoms with Crippen molar-refractivity contribution >= 4 is 52.0 Å². The van der Waals surface area contributed by atoms with Crippen molar-refractivity contribution in [2.45, 2.75) is 0 Å². The van der Waals surface area contributed by atoms with E-state index in [1.807, 2.05) is 18.2 Å². The molecule has 156 valence electrons. The summed E-state index contributed by atoms with van der Waals surface area (Å²) in [7, 11) is 3.04. The summed E-state index contributed by atoms with van der Waals surface area (Å²) in [6.07, 6.45) is 1.42. The molecule has 0 atom stereocenters. The summed E-state index contributed by atoms with van der Waals surface area (Å²) in [4.78, 5) is 39.0. The first kappa shape index (κ1) is 20.4. The van der Waals surface area contributed by atoms with Crippen molar-refractivity contribution in [1.29, 1.82) is 0 Å². The molecule has 4 amide bonds. The molecule has 0 radical (unpaired) electrons. The molecule has 0 aliphatic carbocycles. The Morgan fingerprint density at radius 1 is 0.935 bits per heavy atom.